The maximum absolute atomic E-state index is 12.4. The highest BCUT2D eigenvalue weighted by Crippen LogP contribution is 2.37. The molecular weight excluding hydrogens is 208 g/mol. The Balaban J connectivity index is 2.30. The minimum atomic E-state index is -0.518. The zero-order valence-corrected chi connectivity index (χ0v) is 10.0. The number of rotatable bonds is 3. The predicted octanol–water partition coefficient (Wildman–Crippen LogP) is 3.20. The van der Waals surface area contributed by atoms with Gasteiger partial charge in [-0.2, -0.15) is 0 Å². The molecule has 15 heavy (non-hydrogen) atoms. The van der Waals surface area contributed by atoms with Gasteiger partial charge in [0, 0.05) is 7.11 Å². The topological polar surface area (TPSA) is 26.3 Å². The third kappa shape index (κ3) is 1.74. The zero-order chi connectivity index (χ0) is 10.9. The molecule has 0 unspecified atom stereocenters. The summed E-state index contributed by atoms with van der Waals surface area (Å²) in [5.41, 5.74) is 0.559. The van der Waals surface area contributed by atoms with Crippen LogP contribution in [-0.4, -0.2) is 18.5 Å². The molecule has 1 aliphatic carbocycles. The largest absolute Gasteiger partial charge is 0.370 e. The average molecular weight is 224 g/mol. The maximum atomic E-state index is 12.4. The van der Waals surface area contributed by atoms with Crippen LogP contribution in [0.5, 0.6) is 0 Å². The van der Waals surface area contributed by atoms with Crippen LogP contribution in [0, 0.1) is 6.92 Å². The lowest BCUT2D eigenvalue weighted by atomic mass is 9.94. The van der Waals surface area contributed by atoms with Crippen molar-refractivity contribution in [3.63, 3.8) is 0 Å². The molecule has 1 aromatic rings. The van der Waals surface area contributed by atoms with Crippen LogP contribution in [0.15, 0.2) is 11.4 Å². The van der Waals surface area contributed by atoms with Crippen molar-refractivity contribution < 1.29 is 9.53 Å². The number of methoxy groups -OCH3 is 1. The molecule has 1 aromatic heterocycles. The summed E-state index contributed by atoms with van der Waals surface area (Å²) in [4.78, 5) is 13.2. The Bertz CT molecular complexity index is 361. The van der Waals surface area contributed by atoms with Gasteiger partial charge in [0.25, 0.3) is 0 Å². The number of carbonyl (C=O) groups excluding carboxylic acids is 1. The van der Waals surface area contributed by atoms with E-state index in [9.17, 15) is 4.79 Å². The van der Waals surface area contributed by atoms with Crippen LogP contribution in [-0.2, 0) is 4.74 Å². The van der Waals surface area contributed by atoms with Gasteiger partial charge in [0.1, 0.15) is 5.60 Å². The molecular formula is C12H16O2S. The van der Waals surface area contributed by atoms with Crippen molar-refractivity contribution in [2.24, 2.45) is 0 Å². The first kappa shape index (κ1) is 10.8. The van der Waals surface area contributed by atoms with Crippen molar-refractivity contribution >= 4 is 17.1 Å². The maximum Gasteiger partial charge on any atom is 0.204 e. The van der Waals surface area contributed by atoms with E-state index in [2.05, 4.69) is 0 Å². The van der Waals surface area contributed by atoms with Gasteiger partial charge in [-0.05, 0) is 49.6 Å². The minimum Gasteiger partial charge on any atom is -0.370 e. The van der Waals surface area contributed by atoms with E-state index in [4.69, 9.17) is 4.74 Å². The molecule has 0 radical (unpaired) electrons. The molecule has 0 spiro atoms. The van der Waals surface area contributed by atoms with Crippen molar-refractivity contribution in [3.8, 4) is 0 Å². The molecule has 2 nitrogen and oxygen atoms in total. The first-order valence-electron chi connectivity index (χ1n) is 5.34. The van der Waals surface area contributed by atoms with E-state index >= 15 is 0 Å². The van der Waals surface area contributed by atoms with E-state index in [-0.39, 0.29) is 5.78 Å². The summed E-state index contributed by atoms with van der Waals surface area (Å²) in [6.45, 7) is 1.99. The van der Waals surface area contributed by atoms with Crippen molar-refractivity contribution in [1.29, 1.82) is 0 Å². The standard InChI is InChI=1S/C12H16O2S/c1-9-5-8-15-10(9)11(13)12(14-2)6-3-4-7-12/h5,8H,3-4,6-7H2,1-2H3. The molecule has 82 valence electrons. The number of carbonyl (C=O) groups is 1. The first-order valence-corrected chi connectivity index (χ1v) is 6.22. The minimum absolute atomic E-state index is 0.190. The molecule has 2 rings (SSSR count). The van der Waals surface area contributed by atoms with Crippen LogP contribution >= 0.6 is 11.3 Å². The van der Waals surface area contributed by atoms with Crippen LogP contribution in [0.4, 0.5) is 0 Å². The molecule has 0 aliphatic heterocycles. The molecule has 0 atom stereocenters. The van der Waals surface area contributed by atoms with Crippen LogP contribution in [0.25, 0.3) is 0 Å². The zero-order valence-electron chi connectivity index (χ0n) is 9.21. The number of aryl methyl sites for hydroxylation is 1. The SMILES string of the molecule is COC1(C(=O)c2sccc2C)CCCC1. The molecule has 1 saturated carbocycles. The number of hydrogen-bond donors (Lipinski definition) is 0. The quantitative estimate of drug-likeness (QED) is 0.737. The summed E-state index contributed by atoms with van der Waals surface area (Å²) in [6, 6.07) is 2.00. The molecule has 1 fully saturated rings. The molecule has 1 aliphatic rings. The summed E-state index contributed by atoms with van der Waals surface area (Å²) in [6.07, 6.45) is 3.95. The fourth-order valence-electron chi connectivity index (χ4n) is 2.28. The van der Waals surface area contributed by atoms with E-state index in [1.165, 1.54) is 11.3 Å². The van der Waals surface area contributed by atoms with Gasteiger partial charge < -0.3 is 4.74 Å². The number of thiophene rings is 1. The highest BCUT2D eigenvalue weighted by atomic mass is 32.1. The Labute approximate surface area is 94.3 Å². The van der Waals surface area contributed by atoms with Crippen LogP contribution < -0.4 is 0 Å². The third-order valence-corrected chi connectivity index (χ3v) is 4.30. The summed E-state index contributed by atoms with van der Waals surface area (Å²) in [5.74, 6) is 0.190. The third-order valence-electron chi connectivity index (χ3n) is 3.28. The second-order valence-electron chi connectivity index (χ2n) is 4.17. The van der Waals surface area contributed by atoms with Gasteiger partial charge >= 0.3 is 0 Å². The van der Waals surface area contributed by atoms with Gasteiger partial charge in [-0.1, -0.05) is 0 Å². The lowest BCUT2D eigenvalue weighted by Crippen LogP contribution is -2.37. The second-order valence-corrected chi connectivity index (χ2v) is 5.08. The van der Waals surface area contributed by atoms with Crippen LogP contribution in [0.1, 0.15) is 40.9 Å². The Morgan fingerprint density at radius 2 is 2.13 bits per heavy atom. The van der Waals surface area contributed by atoms with Crippen LogP contribution in [0.2, 0.25) is 0 Å². The molecule has 0 aromatic carbocycles. The second kappa shape index (κ2) is 4.06. The van der Waals surface area contributed by atoms with E-state index in [1.54, 1.807) is 7.11 Å². The van der Waals surface area contributed by atoms with Crippen molar-refractivity contribution in [2.45, 2.75) is 38.2 Å². The smallest absolute Gasteiger partial charge is 0.204 e. The van der Waals surface area contributed by atoms with E-state index in [1.807, 2.05) is 18.4 Å². The number of Topliss-reactive ketones (excluding diaryl/α,β-unsaturated/α-hetero) is 1. The first-order chi connectivity index (χ1) is 7.19. The molecule has 0 saturated heterocycles. The van der Waals surface area contributed by atoms with Crippen molar-refractivity contribution in [2.75, 3.05) is 7.11 Å². The molecule has 0 bridgehead atoms. The lowest BCUT2D eigenvalue weighted by Gasteiger charge is -2.25. The Hall–Kier alpha value is -0.670. The average Bonchev–Trinajstić information content (AvgIpc) is 2.86. The summed E-state index contributed by atoms with van der Waals surface area (Å²) in [5, 5.41) is 1.97. The summed E-state index contributed by atoms with van der Waals surface area (Å²) < 4.78 is 5.50. The highest BCUT2D eigenvalue weighted by molar-refractivity contribution is 7.12. The fraction of sp³-hybridized carbons (Fsp3) is 0.583. The molecule has 1 heterocycles. The predicted molar refractivity (Wildman–Crippen MR) is 61.6 cm³/mol. The molecule has 0 amide bonds. The molecule has 0 N–H and O–H groups in total. The summed E-state index contributed by atoms with van der Waals surface area (Å²) in [7, 11) is 1.66. The number of hydrogen-bond acceptors (Lipinski definition) is 3. The van der Waals surface area contributed by atoms with E-state index in [0.717, 1.165) is 36.1 Å². The Morgan fingerprint density at radius 3 is 2.60 bits per heavy atom. The fourth-order valence-corrected chi connectivity index (χ4v) is 3.24. The van der Waals surface area contributed by atoms with Gasteiger partial charge in [-0.3, -0.25) is 4.79 Å². The monoisotopic (exact) mass is 224 g/mol. The molecule has 3 heteroatoms. The van der Waals surface area contributed by atoms with E-state index < -0.39 is 5.60 Å². The lowest BCUT2D eigenvalue weighted by molar-refractivity contribution is 0.00633. The van der Waals surface area contributed by atoms with Gasteiger partial charge in [-0.25, -0.2) is 0 Å². The van der Waals surface area contributed by atoms with Gasteiger partial charge in [0.2, 0.25) is 5.78 Å². The highest BCUT2D eigenvalue weighted by Gasteiger charge is 2.42. The normalized spacial score (nSPS) is 19.3. The number of ether oxygens (including phenoxy) is 1. The number of ketones is 1. The van der Waals surface area contributed by atoms with Crippen molar-refractivity contribution in [1.82, 2.24) is 0 Å². The van der Waals surface area contributed by atoms with Gasteiger partial charge in [0.05, 0.1) is 4.88 Å². The Kier molecular flexibility index (Phi) is 2.94. The van der Waals surface area contributed by atoms with Crippen molar-refractivity contribution in [3.05, 3.63) is 21.9 Å². The van der Waals surface area contributed by atoms with Crippen LogP contribution in [0.3, 0.4) is 0 Å². The van der Waals surface area contributed by atoms with Gasteiger partial charge in [0.15, 0.2) is 0 Å². The summed E-state index contributed by atoms with van der Waals surface area (Å²) >= 11 is 1.53. The Morgan fingerprint density at radius 1 is 1.47 bits per heavy atom. The van der Waals surface area contributed by atoms with Gasteiger partial charge in [-0.15, -0.1) is 11.3 Å². The van der Waals surface area contributed by atoms with E-state index in [0.29, 0.717) is 0 Å².